The van der Waals surface area contributed by atoms with Crippen LogP contribution >= 0.6 is 35.0 Å². The van der Waals surface area contributed by atoms with Gasteiger partial charge in [0.25, 0.3) is 0 Å². The SMILES string of the molecule is CC1(C)C[C@@H]2C[C@](C)(CN2C(=O)CSc2c(Cl)cccc2Cl)C1. The van der Waals surface area contributed by atoms with Crippen molar-refractivity contribution in [2.75, 3.05) is 12.3 Å². The normalized spacial score (nSPS) is 28.9. The van der Waals surface area contributed by atoms with Crippen LogP contribution in [0.25, 0.3) is 0 Å². The lowest BCUT2D eigenvalue weighted by Crippen LogP contribution is -2.38. The zero-order chi connectivity index (χ0) is 16.8. The van der Waals surface area contributed by atoms with Gasteiger partial charge in [-0.15, -0.1) is 11.8 Å². The van der Waals surface area contributed by atoms with Gasteiger partial charge in [-0.3, -0.25) is 4.79 Å². The van der Waals surface area contributed by atoms with Gasteiger partial charge in [-0.05, 0) is 42.2 Å². The molecule has 0 spiro atoms. The summed E-state index contributed by atoms with van der Waals surface area (Å²) in [7, 11) is 0. The van der Waals surface area contributed by atoms with Crippen LogP contribution in [-0.4, -0.2) is 29.1 Å². The summed E-state index contributed by atoms with van der Waals surface area (Å²) in [6, 6.07) is 5.83. The fourth-order valence-corrected chi connectivity index (χ4v) is 6.16. The van der Waals surface area contributed by atoms with Gasteiger partial charge in [0.15, 0.2) is 0 Å². The molecule has 1 amide bonds. The zero-order valence-corrected chi connectivity index (χ0v) is 16.2. The van der Waals surface area contributed by atoms with Gasteiger partial charge in [0.05, 0.1) is 15.8 Å². The van der Waals surface area contributed by atoms with Crippen molar-refractivity contribution in [1.82, 2.24) is 4.90 Å². The number of amides is 1. The lowest BCUT2D eigenvalue weighted by molar-refractivity contribution is -0.129. The van der Waals surface area contributed by atoms with E-state index in [1.807, 2.05) is 18.2 Å². The van der Waals surface area contributed by atoms with E-state index in [2.05, 4.69) is 25.7 Å². The van der Waals surface area contributed by atoms with Crippen molar-refractivity contribution >= 4 is 40.9 Å². The number of likely N-dealkylation sites (tertiary alicyclic amines) is 1. The fourth-order valence-electron chi connectivity index (χ4n) is 4.59. The first-order valence-electron chi connectivity index (χ1n) is 8.05. The van der Waals surface area contributed by atoms with Crippen molar-refractivity contribution in [1.29, 1.82) is 0 Å². The predicted molar refractivity (Wildman–Crippen MR) is 98.4 cm³/mol. The van der Waals surface area contributed by atoms with Crippen LogP contribution in [0.4, 0.5) is 0 Å². The second kappa shape index (κ2) is 6.16. The van der Waals surface area contributed by atoms with Crippen molar-refractivity contribution in [2.24, 2.45) is 10.8 Å². The smallest absolute Gasteiger partial charge is 0.233 e. The van der Waals surface area contributed by atoms with Crippen molar-refractivity contribution in [3.63, 3.8) is 0 Å². The van der Waals surface area contributed by atoms with E-state index in [4.69, 9.17) is 23.2 Å². The van der Waals surface area contributed by atoms with Crippen LogP contribution in [0.2, 0.25) is 10.0 Å². The Morgan fingerprint density at radius 2 is 1.91 bits per heavy atom. The summed E-state index contributed by atoms with van der Waals surface area (Å²) in [5.41, 5.74) is 0.598. The highest BCUT2D eigenvalue weighted by Crippen LogP contribution is 2.52. The molecule has 2 fully saturated rings. The van der Waals surface area contributed by atoms with Gasteiger partial charge in [-0.1, -0.05) is 50.0 Å². The third kappa shape index (κ3) is 3.67. The number of nitrogens with zero attached hydrogens (tertiary/aromatic N) is 1. The van der Waals surface area contributed by atoms with Crippen LogP contribution in [0.3, 0.4) is 0 Å². The topological polar surface area (TPSA) is 20.3 Å². The minimum Gasteiger partial charge on any atom is -0.338 e. The van der Waals surface area contributed by atoms with Gasteiger partial charge in [-0.25, -0.2) is 0 Å². The highest BCUT2D eigenvalue weighted by Gasteiger charge is 2.50. The second-order valence-corrected chi connectivity index (χ2v) is 9.87. The summed E-state index contributed by atoms with van der Waals surface area (Å²) in [6.45, 7) is 7.86. The van der Waals surface area contributed by atoms with Crippen LogP contribution in [0, 0.1) is 10.8 Å². The Bertz CT molecular complexity index is 613. The van der Waals surface area contributed by atoms with Gasteiger partial charge in [0.1, 0.15) is 0 Å². The number of hydrogen-bond acceptors (Lipinski definition) is 2. The van der Waals surface area contributed by atoms with E-state index in [1.54, 1.807) is 0 Å². The Hall–Kier alpha value is -0.380. The number of halogens is 2. The van der Waals surface area contributed by atoms with Crippen LogP contribution < -0.4 is 0 Å². The molecule has 0 N–H and O–H groups in total. The van der Waals surface area contributed by atoms with E-state index in [0.717, 1.165) is 24.3 Å². The van der Waals surface area contributed by atoms with Gasteiger partial charge in [-0.2, -0.15) is 0 Å². The average Bonchev–Trinajstić information content (AvgIpc) is 2.67. The van der Waals surface area contributed by atoms with Crippen LogP contribution in [-0.2, 0) is 4.79 Å². The Kier molecular flexibility index (Phi) is 4.67. The molecule has 2 nitrogen and oxygen atoms in total. The first-order valence-corrected chi connectivity index (χ1v) is 9.80. The first-order chi connectivity index (χ1) is 10.7. The van der Waals surface area contributed by atoms with E-state index < -0.39 is 0 Å². The second-order valence-electron chi connectivity index (χ2n) is 8.07. The van der Waals surface area contributed by atoms with Crippen LogP contribution in [0.15, 0.2) is 23.1 Å². The van der Waals surface area contributed by atoms with Gasteiger partial charge >= 0.3 is 0 Å². The van der Waals surface area contributed by atoms with Crippen molar-refractivity contribution < 1.29 is 4.79 Å². The molecule has 126 valence electrons. The molecule has 0 aromatic heterocycles. The number of fused-ring (bicyclic) bond motifs is 2. The predicted octanol–water partition coefficient (Wildman–Crippen LogP) is 5.51. The standard InChI is InChI=1S/C18H23Cl2NOS/c1-17(2)7-12-8-18(3,10-17)11-21(12)15(22)9-23-16-13(19)5-4-6-14(16)20/h4-6,12H,7-11H2,1-3H3/t12-,18+/m1/s1. The largest absolute Gasteiger partial charge is 0.338 e. The number of rotatable bonds is 3. The molecular formula is C18H23Cl2NOS. The highest BCUT2D eigenvalue weighted by atomic mass is 35.5. The molecule has 23 heavy (non-hydrogen) atoms. The number of carbonyl (C=O) groups excluding carboxylic acids is 1. The minimum absolute atomic E-state index is 0.206. The highest BCUT2D eigenvalue weighted by molar-refractivity contribution is 8.00. The number of hydrogen-bond donors (Lipinski definition) is 0. The summed E-state index contributed by atoms with van der Waals surface area (Å²) < 4.78 is 0. The van der Waals surface area contributed by atoms with Crippen LogP contribution in [0.5, 0.6) is 0 Å². The molecule has 2 bridgehead atoms. The third-order valence-corrected chi connectivity index (χ3v) is 6.97. The molecule has 1 aromatic rings. The molecule has 1 saturated carbocycles. The Balaban J connectivity index is 1.68. The fraction of sp³-hybridized carbons (Fsp3) is 0.611. The summed E-state index contributed by atoms with van der Waals surface area (Å²) in [6.07, 6.45) is 3.44. The summed E-state index contributed by atoms with van der Waals surface area (Å²) in [5, 5.41) is 1.23. The zero-order valence-electron chi connectivity index (χ0n) is 13.9. The Morgan fingerprint density at radius 1 is 1.26 bits per heavy atom. The number of benzene rings is 1. The molecule has 1 aliphatic heterocycles. The van der Waals surface area contributed by atoms with E-state index >= 15 is 0 Å². The Morgan fingerprint density at radius 3 is 2.57 bits per heavy atom. The maximum Gasteiger partial charge on any atom is 0.233 e. The van der Waals surface area contributed by atoms with Gasteiger partial charge in [0.2, 0.25) is 5.91 Å². The quantitative estimate of drug-likeness (QED) is 0.652. The first kappa shape index (κ1) is 17.4. The number of thioether (sulfide) groups is 1. The van der Waals surface area contributed by atoms with Crippen LogP contribution in [0.1, 0.15) is 40.0 Å². The summed E-state index contributed by atoms with van der Waals surface area (Å²) in [4.78, 5) is 15.7. The number of carbonyl (C=O) groups is 1. The molecule has 1 aromatic carbocycles. The van der Waals surface area contributed by atoms with E-state index in [9.17, 15) is 4.79 Å². The third-order valence-electron chi connectivity index (χ3n) is 4.99. The molecule has 0 unspecified atom stereocenters. The van der Waals surface area contributed by atoms with Crippen molar-refractivity contribution in [2.45, 2.75) is 51.0 Å². The lowest BCUT2D eigenvalue weighted by Gasteiger charge is -2.39. The van der Waals surface area contributed by atoms with Gasteiger partial charge < -0.3 is 4.90 Å². The minimum atomic E-state index is 0.206. The molecule has 1 saturated heterocycles. The molecular weight excluding hydrogens is 349 g/mol. The lowest BCUT2D eigenvalue weighted by atomic mass is 9.65. The molecule has 0 radical (unpaired) electrons. The molecule has 3 rings (SSSR count). The van der Waals surface area contributed by atoms with E-state index in [-0.39, 0.29) is 11.3 Å². The maximum absolute atomic E-state index is 12.8. The molecule has 2 atom stereocenters. The van der Waals surface area contributed by atoms with Crippen molar-refractivity contribution in [3.8, 4) is 0 Å². The summed E-state index contributed by atoms with van der Waals surface area (Å²) >= 11 is 13.8. The summed E-state index contributed by atoms with van der Waals surface area (Å²) in [5.74, 6) is 0.605. The van der Waals surface area contributed by atoms with Crippen molar-refractivity contribution in [3.05, 3.63) is 28.2 Å². The Labute approximate surface area is 152 Å². The average molecular weight is 372 g/mol. The monoisotopic (exact) mass is 371 g/mol. The van der Waals surface area contributed by atoms with Gasteiger partial charge in [0, 0.05) is 17.5 Å². The van der Waals surface area contributed by atoms with E-state index in [1.165, 1.54) is 18.2 Å². The molecule has 1 aliphatic carbocycles. The van der Waals surface area contributed by atoms with E-state index in [0.29, 0.717) is 27.3 Å². The molecule has 1 heterocycles. The molecule has 5 heteroatoms. The molecule has 2 aliphatic rings. The maximum atomic E-state index is 12.8.